The molecule has 9 nitrogen and oxygen atoms in total. The van der Waals surface area contributed by atoms with Gasteiger partial charge in [0.05, 0.1) is 0 Å². The normalized spacial score (nSPS) is 15.7. The van der Waals surface area contributed by atoms with Crippen molar-refractivity contribution in [3.8, 4) is 0 Å². The van der Waals surface area contributed by atoms with Crippen molar-refractivity contribution in [2.75, 3.05) is 81.2 Å². The zero-order valence-corrected chi connectivity index (χ0v) is 27.6. The molecule has 0 spiro atoms. The van der Waals surface area contributed by atoms with E-state index in [9.17, 15) is 13.2 Å². The molecule has 0 saturated carbocycles. The summed E-state index contributed by atoms with van der Waals surface area (Å²) in [5.41, 5.74) is 0. The van der Waals surface area contributed by atoms with Gasteiger partial charge in [-0.05, 0) is 0 Å². The zero-order chi connectivity index (χ0) is 21.5. The van der Waals surface area contributed by atoms with Crippen LogP contribution in [0.4, 0.5) is 30.9 Å². The van der Waals surface area contributed by atoms with Gasteiger partial charge in [0.2, 0.25) is 29.7 Å². The number of aromatic nitrogens is 4. The fourth-order valence-corrected chi connectivity index (χ4v) is 2.90. The molecule has 2 aromatic heterocycles. The van der Waals surface area contributed by atoms with E-state index in [1.807, 2.05) is 19.0 Å². The topological polar surface area (TPSA) is 89.5 Å². The first kappa shape index (κ1) is 30.2. The largest absolute Gasteiger partial charge is 0.659 e. The van der Waals surface area contributed by atoms with Crippen molar-refractivity contribution < 1.29 is 101 Å². The van der Waals surface area contributed by atoms with Crippen molar-refractivity contribution in [2.45, 2.75) is 0 Å². The van der Waals surface area contributed by atoms with Gasteiger partial charge in [0.25, 0.3) is 0 Å². The Hall–Kier alpha value is 0.153. The fraction of sp³-hybridized carbons (Fsp3) is 0.556. The molecular weight excluding hydrogens is 853 g/mol. The molecule has 0 aliphatic carbocycles. The van der Waals surface area contributed by atoms with Gasteiger partial charge in [-0.2, -0.15) is 33.1 Å². The van der Waals surface area contributed by atoms with Gasteiger partial charge in [0.1, 0.15) is 5.82 Å². The maximum atomic E-state index is 13.3. The van der Waals surface area contributed by atoms with Gasteiger partial charge in [-0.3, -0.25) is 0 Å². The summed E-state index contributed by atoms with van der Waals surface area (Å²) in [6.45, 7) is 5.58. The average molecular weight is 877 g/mol. The third-order valence-corrected chi connectivity index (χ3v) is 4.46. The van der Waals surface area contributed by atoms with E-state index in [0.717, 1.165) is 26.2 Å². The van der Waals surface area contributed by atoms with Crippen LogP contribution < -0.4 is 14.7 Å². The Morgan fingerprint density at radius 1 is 0.688 bits per heavy atom. The van der Waals surface area contributed by atoms with E-state index < -0.39 is 17.8 Å². The molecule has 0 aromatic carbocycles. The van der Waals surface area contributed by atoms with Crippen molar-refractivity contribution in [3.05, 3.63) is 40.6 Å². The first-order valence-electron chi connectivity index (χ1n) is 9.61. The third kappa shape index (κ3) is 9.42. The summed E-state index contributed by atoms with van der Waals surface area (Å²) in [4.78, 5) is 20.6. The van der Waals surface area contributed by atoms with Crippen LogP contribution in [0, 0.1) is 106 Å². The van der Waals surface area contributed by atoms with Crippen LogP contribution in [-0.2, 0) is 0 Å². The van der Waals surface area contributed by atoms with Crippen LogP contribution in [0.15, 0.2) is 12.1 Å². The number of hydrogen-bond donors (Lipinski definition) is 0. The number of piperazine rings is 2. The van der Waals surface area contributed by atoms with E-state index in [2.05, 4.69) is 30.6 Å². The van der Waals surface area contributed by atoms with E-state index in [-0.39, 0.29) is 94.1 Å². The molecule has 0 N–H and O–H groups in total. The standard InChI is InChI=1S/C10H15FN5.C8H9F2N4.2Ac/c1-15(2)9-7-8(11)13-10(14-9)16-5-3-12-4-6-16;9-6-5-7(10)13-8(12-6)14-3-1-11-2-4-14;;/h7H,3-6H2,1-2H3;5H,1-4H2;;/q2*-1;;. The second-order valence-corrected chi connectivity index (χ2v) is 6.87. The van der Waals surface area contributed by atoms with Gasteiger partial charge in [-0.15, -0.1) is 26.2 Å². The van der Waals surface area contributed by atoms with Gasteiger partial charge < -0.3 is 25.3 Å². The molecule has 0 bridgehead atoms. The molecule has 4 heterocycles. The maximum absolute atomic E-state index is 13.3. The summed E-state index contributed by atoms with van der Waals surface area (Å²) >= 11 is 0. The molecule has 170 valence electrons. The molecule has 32 heavy (non-hydrogen) atoms. The van der Waals surface area contributed by atoms with Crippen molar-refractivity contribution in [1.82, 2.24) is 19.9 Å². The molecule has 2 saturated heterocycles. The first-order chi connectivity index (χ1) is 14.4. The second-order valence-electron chi connectivity index (χ2n) is 6.87. The number of rotatable bonds is 3. The molecule has 2 fully saturated rings. The molecule has 0 amide bonds. The molecule has 14 heteroatoms. The number of halogens is 3. The number of hydrogen-bond acceptors (Lipinski definition) is 7. The summed E-state index contributed by atoms with van der Waals surface area (Å²) in [7, 11) is 3.66. The van der Waals surface area contributed by atoms with Crippen LogP contribution in [0.25, 0.3) is 10.6 Å². The quantitative estimate of drug-likeness (QED) is 0.436. The molecule has 2 aliphatic heterocycles. The molecule has 4 rings (SSSR count). The third-order valence-electron chi connectivity index (χ3n) is 4.46. The molecule has 2 aromatic rings. The molecule has 0 atom stereocenters. The molecule has 2 aliphatic rings. The molecule has 0 unspecified atom stereocenters. The second kappa shape index (κ2) is 15.2. The van der Waals surface area contributed by atoms with Gasteiger partial charge >= 0.3 is 0 Å². The van der Waals surface area contributed by atoms with Crippen LogP contribution in [0.5, 0.6) is 0 Å². The Labute approximate surface area is 257 Å². The Morgan fingerprint density at radius 3 is 1.47 bits per heavy atom. The Balaban J connectivity index is 0.000000303. The first-order valence-corrected chi connectivity index (χ1v) is 9.61. The van der Waals surface area contributed by atoms with E-state index in [1.54, 1.807) is 9.80 Å². The van der Waals surface area contributed by atoms with E-state index in [4.69, 9.17) is 0 Å². The molecule has 2 radical (unpaired) electrons. The summed E-state index contributed by atoms with van der Waals surface area (Å²) in [5, 5.41) is 8.34. The summed E-state index contributed by atoms with van der Waals surface area (Å²) in [5.74, 6) is -1.01. The number of anilines is 3. The fourth-order valence-electron chi connectivity index (χ4n) is 2.90. The van der Waals surface area contributed by atoms with Gasteiger partial charge in [0, 0.05) is 141 Å². The SMILES string of the molecule is CN(C)c1cc(F)nc(N2CC[N-]CC2)n1.Fc1cc(F)nc(N2CC[N-]CC2)n1.[Ac].[Ac]. The molecular formula is C18H24Ac2F3N9-2. The van der Waals surface area contributed by atoms with Crippen molar-refractivity contribution in [1.29, 1.82) is 0 Å². The predicted molar refractivity (Wildman–Crippen MR) is 109 cm³/mol. The predicted octanol–water partition coefficient (Wildman–Crippen LogP) is 1.82. The van der Waals surface area contributed by atoms with E-state index in [1.165, 1.54) is 6.07 Å². The van der Waals surface area contributed by atoms with Crippen molar-refractivity contribution in [2.24, 2.45) is 0 Å². The monoisotopic (exact) mass is 877 g/mol. The Morgan fingerprint density at radius 2 is 1.06 bits per heavy atom. The van der Waals surface area contributed by atoms with Gasteiger partial charge in [0.15, 0.2) is 0 Å². The minimum Gasteiger partial charge on any atom is -0.659 e. The van der Waals surface area contributed by atoms with Crippen LogP contribution in [0.3, 0.4) is 0 Å². The summed E-state index contributed by atoms with van der Waals surface area (Å²) in [6.07, 6.45) is 0. The maximum Gasteiger partial charge on any atom is 0.230 e. The summed E-state index contributed by atoms with van der Waals surface area (Å²) in [6, 6.07) is 2.00. The Bertz CT molecular complexity index is 815. The van der Waals surface area contributed by atoms with Gasteiger partial charge in [-0.25, -0.2) is 0 Å². The smallest absolute Gasteiger partial charge is 0.230 e. The van der Waals surface area contributed by atoms with Crippen LogP contribution in [0.2, 0.25) is 0 Å². The minimum absolute atomic E-state index is 0. The average Bonchev–Trinajstić information content (AvgIpc) is 2.74. The minimum atomic E-state index is -0.838. The van der Waals surface area contributed by atoms with Crippen LogP contribution >= 0.6 is 0 Å². The van der Waals surface area contributed by atoms with E-state index >= 15 is 0 Å². The number of nitrogens with zero attached hydrogens (tertiary/aromatic N) is 9. The van der Waals surface area contributed by atoms with E-state index in [0.29, 0.717) is 44.0 Å². The Kier molecular flexibility index (Phi) is 14.3. The zero-order valence-electron chi connectivity index (χ0n) is 18.1. The van der Waals surface area contributed by atoms with Crippen LogP contribution in [-0.4, -0.2) is 86.4 Å². The van der Waals surface area contributed by atoms with Crippen molar-refractivity contribution >= 4 is 17.7 Å². The summed E-state index contributed by atoms with van der Waals surface area (Å²) < 4.78 is 38.8. The van der Waals surface area contributed by atoms with Gasteiger partial charge in [-0.1, -0.05) is 0 Å². The van der Waals surface area contributed by atoms with Crippen LogP contribution in [0.1, 0.15) is 0 Å². The van der Waals surface area contributed by atoms with Crippen molar-refractivity contribution in [3.63, 3.8) is 0 Å².